The van der Waals surface area contributed by atoms with Crippen molar-refractivity contribution in [2.45, 2.75) is 86.0 Å². The number of rotatable bonds is 8. The summed E-state index contributed by atoms with van der Waals surface area (Å²) in [5.74, 6) is 0. The van der Waals surface area contributed by atoms with E-state index in [1.165, 1.54) is 5.56 Å². The van der Waals surface area contributed by atoms with Crippen molar-refractivity contribution in [2.75, 3.05) is 5.12 Å². The molecule has 0 bridgehead atoms. The predicted octanol–water partition coefficient (Wildman–Crippen LogP) is 9.12. The molecule has 0 amide bonds. The molecule has 1 heterocycles. The van der Waals surface area contributed by atoms with Crippen molar-refractivity contribution in [3.05, 3.63) is 88.4 Å². The van der Waals surface area contributed by atoms with Crippen LogP contribution in [0.15, 0.2) is 76.6 Å². The highest BCUT2D eigenvalue weighted by molar-refractivity contribution is 6.15. The Balaban J connectivity index is 2.43. The smallest absolute Gasteiger partial charge is 0.139 e. The van der Waals surface area contributed by atoms with E-state index in [4.69, 9.17) is 10.2 Å². The monoisotopic (exact) mass is 498 g/mol. The molecule has 0 spiro atoms. The Morgan fingerprint density at radius 2 is 1.65 bits per heavy atom. The first kappa shape index (κ1) is 28.2. The average Bonchev–Trinajstić information content (AvgIpc) is 2.82. The molecule has 0 radical (unpaired) electrons. The summed E-state index contributed by atoms with van der Waals surface area (Å²) in [6.07, 6.45) is 7.22. The molecule has 0 aromatic heterocycles. The first-order valence-electron chi connectivity index (χ1n) is 13.0. The third kappa shape index (κ3) is 5.98. The van der Waals surface area contributed by atoms with Crippen LogP contribution in [0.1, 0.15) is 90.5 Å². The van der Waals surface area contributed by atoms with E-state index in [9.17, 15) is 4.91 Å². The van der Waals surface area contributed by atoms with E-state index in [-0.39, 0.29) is 10.8 Å². The fourth-order valence-electron chi connectivity index (χ4n) is 5.91. The summed E-state index contributed by atoms with van der Waals surface area (Å²) < 4.78 is 0. The van der Waals surface area contributed by atoms with Crippen molar-refractivity contribution in [2.24, 2.45) is 20.8 Å². The Labute approximate surface area is 223 Å². The van der Waals surface area contributed by atoms with Crippen LogP contribution in [0.25, 0.3) is 0 Å². The van der Waals surface area contributed by atoms with Gasteiger partial charge in [0, 0.05) is 11.8 Å². The van der Waals surface area contributed by atoms with Gasteiger partial charge < -0.3 is 0 Å². The molecule has 0 saturated carbocycles. The number of nitrogens with zero attached hydrogens (tertiary/aromatic N) is 4. The van der Waals surface area contributed by atoms with Gasteiger partial charge in [-0.15, -0.1) is 10.0 Å². The minimum atomic E-state index is -0.478. The molecule has 0 unspecified atom stereocenters. The highest BCUT2D eigenvalue weighted by Gasteiger charge is 2.37. The number of hydrogen-bond donors (Lipinski definition) is 0. The van der Waals surface area contributed by atoms with E-state index in [0.717, 1.165) is 34.5 Å². The van der Waals surface area contributed by atoms with Crippen LogP contribution >= 0.6 is 0 Å². The number of hydrogen-bond acceptors (Lipinski definition) is 5. The van der Waals surface area contributed by atoms with E-state index in [1.807, 2.05) is 37.3 Å². The van der Waals surface area contributed by atoms with E-state index < -0.39 is 5.41 Å². The molecule has 0 fully saturated rings. The van der Waals surface area contributed by atoms with E-state index >= 15 is 0 Å². The largest absolute Gasteiger partial charge is 0.155 e. The second kappa shape index (κ2) is 10.6. The molecular weight excluding hydrogens is 456 g/mol. The maximum Gasteiger partial charge on any atom is 0.139 e. The first-order chi connectivity index (χ1) is 17.2. The molecule has 196 valence electrons. The van der Waals surface area contributed by atoms with Crippen LogP contribution in [-0.2, 0) is 10.8 Å². The molecule has 2 aromatic rings. The summed E-state index contributed by atoms with van der Waals surface area (Å²) in [6, 6.07) is 12.4. The van der Waals surface area contributed by atoms with Crippen LogP contribution in [-0.4, -0.2) is 11.4 Å². The molecule has 37 heavy (non-hydrogen) atoms. The third-order valence-electron chi connectivity index (χ3n) is 7.07. The number of nitroso groups, excluding NO2 is 1. The topological polar surface area (TPSA) is 57.4 Å². The predicted molar refractivity (Wildman–Crippen MR) is 159 cm³/mol. The summed E-state index contributed by atoms with van der Waals surface area (Å²) in [6.45, 7) is 23.7. The van der Waals surface area contributed by atoms with Gasteiger partial charge in [-0.05, 0) is 76.7 Å². The molecule has 2 aromatic carbocycles. The second-order valence-electron chi connectivity index (χ2n) is 12.3. The van der Waals surface area contributed by atoms with Crippen molar-refractivity contribution in [3.63, 3.8) is 0 Å². The molecule has 1 aliphatic heterocycles. The van der Waals surface area contributed by atoms with Crippen LogP contribution in [0.5, 0.6) is 0 Å². The van der Waals surface area contributed by atoms with Gasteiger partial charge >= 0.3 is 0 Å². The summed E-state index contributed by atoms with van der Waals surface area (Å²) in [7, 11) is 0. The molecule has 5 nitrogen and oxygen atoms in total. The molecule has 0 saturated heterocycles. The van der Waals surface area contributed by atoms with Gasteiger partial charge in [-0.1, -0.05) is 91.5 Å². The van der Waals surface area contributed by atoms with Crippen LogP contribution in [0.2, 0.25) is 0 Å². The first-order valence-corrected chi connectivity index (χ1v) is 13.0. The normalized spacial score (nSPS) is 15.0. The van der Waals surface area contributed by atoms with Gasteiger partial charge in [-0.2, -0.15) is 10.2 Å². The van der Waals surface area contributed by atoms with Crippen molar-refractivity contribution < 1.29 is 0 Å². The Morgan fingerprint density at radius 3 is 2.19 bits per heavy atom. The molecule has 0 aliphatic carbocycles. The molecule has 3 rings (SSSR count). The number of benzene rings is 2. The zero-order valence-corrected chi connectivity index (χ0v) is 24.0. The average molecular weight is 499 g/mol. The minimum Gasteiger partial charge on any atom is -0.155 e. The van der Waals surface area contributed by atoms with Crippen LogP contribution in [0.3, 0.4) is 0 Å². The lowest BCUT2D eigenvalue weighted by Crippen LogP contribution is -2.30. The van der Waals surface area contributed by atoms with Crippen molar-refractivity contribution >= 4 is 22.8 Å². The lowest BCUT2D eigenvalue weighted by Gasteiger charge is -2.38. The van der Waals surface area contributed by atoms with Crippen LogP contribution in [0, 0.1) is 17.2 Å². The van der Waals surface area contributed by atoms with Crippen molar-refractivity contribution in [1.29, 1.82) is 0 Å². The highest BCUT2D eigenvalue weighted by atomic mass is 16.3. The maximum atomic E-state index is 12.7. The number of allylic oxidation sites excluding steroid dienone is 3. The second-order valence-corrected chi connectivity index (χ2v) is 12.3. The van der Waals surface area contributed by atoms with E-state index in [0.29, 0.717) is 17.8 Å². The number of anilines is 1. The Hall–Kier alpha value is -3.34. The van der Waals surface area contributed by atoms with Crippen LogP contribution < -0.4 is 5.12 Å². The minimum absolute atomic E-state index is 0.114. The fraction of sp³-hybridized carbons (Fsp3) is 0.438. The summed E-state index contributed by atoms with van der Waals surface area (Å²) in [4.78, 5) is 12.7. The SMILES string of the molecule is C=CC1=NN(c2cc(C(C)(C)CC(C)(C)C)c(C)c(C(C)(C)c3ccccc3)c2N=O)N=C(/C=C\C)C1. The van der Waals surface area contributed by atoms with Gasteiger partial charge in [0.1, 0.15) is 11.4 Å². The highest BCUT2D eigenvalue weighted by Crippen LogP contribution is 2.49. The van der Waals surface area contributed by atoms with Crippen molar-refractivity contribution in [3.8, 4) is 0 Å². The molecule has 5 heteroatoms. The maximum absolute atomic E-state index is 12.7. The van der Waals surface area contributed by atoms with Gasteiger partial charge in [0.05, 0.1) is 11.4 Å². The zero-order chi connectivity index (χ0) is 27.6. The van der Waals surface area contributed by atoms with Crippen LogP contribution in [0.4, 0.5) is 11.4 Å². The molecule has 0 atom stereocenters. The van der Waals surface area contributed by atoms with Gasteiger partial charge in [-0.3, -0.25) is 0 Å². The summed E-state index contributed by atoms with van der Waals surface area (Å²) in [5, 5.41) is 14.8. The van der Waals surface area contributed by atoms with E-state index in [1.54, 1.807) is 11.2 Å². The van der Waals surface area contributed by atoms with Gasteiger partial charge in [0.25, 0.3) is 0 Å². The summed E-state index contributed by atoms with van der Waals surface area (Å²) in [5.41, 5.74) is 6.37. The van der Waals surface area contributed by atoms with E-state index in [2.05, 4.69) is 85.3 Å². The van der Waals surface area contributed by atoms with Gasteiger partial charge in [0.2, 0.25) is 0 Å². The van der Waals surface area contributed by atoms with Crippen molar-refractivity contribution in [1.82, 2.24) is 0 Å². The Kier molecular flexibility index (Phi) is 8.06. The zero-order valence-electron chi connectivity index (χ0n) is 24.0. The molecule has 1 aliphatic rings. The third-order valence-corrected chi connectivity index (χ3v) is 7.07. The fourth-order valence-corrected chi connectivity index (χ4v) is 5.91. The lowest BCUT2D eigenvalue weighted by molar-refractivity contribution is 0.283. The Bertz CT molecular complexity index is 1260. The van der Waals surface area contributed by atoms with Gasteiger partial charge in [-0.25, -0.2) is 0 Å². The molecular formula is C32H42N4O. The molecule has 0 N–H and O–H groups in total. The van der Waals surface area contributed by atoms with Gasteiger partial charge in [0.15, 0.2) is 0 Å². The summed E-state index contributed by atoms with van der Waals surface area (Å²) >= 11 is 0. The number of hydrazone groups is 2. The Morgan fingerprint density at radius 1 is 1.03 bits per heavy atom. The quantitative estimate of drug-likeness (QED) is 0.341. The standard InChI is InChI=1S/C32H42N4O/c1-11-16-25-19-24(12-2)33-36(34-25)27-20-26(31(7,8)21-30(4,5)6)22(3)28(29(27)35-37)32(9,10)23-17-14-13-15-18-23/h11-18,20H,2,19,21H2,1,3-10H3/b16-11-. The lowest BCUT2D eigenvalue weighted by atomic mass is 9.67.